The van der Waals surface area contributed by atoms with Crippen LogP contribution in [0.4, 0.5) is 5.82 Å². The lowest BCUT2D eigenvalue weighted by Gasteiger charge is -2.07. The molecular formula is C10H14ClN3O. The van der Waals surface area contributed by atoms with E-state index in [4.69, 9.17) is 11.6 Å². The van der Waals surface area contributed by atoms with Gasteiger partial charge in [0.25, 0.3) is 5.91 Å². The molecule has 0 fully saturated rings. The van der Waals surface area contributed by atoms with E-state index < -0.39 is 0 Å². The van der Waals surface area contributed by atoms with Gasteiger partial charge in [-0.1, -0.05) is 18.5 Å². The Balaban J connectivity index is 2.89. The highest BCUT2D eigenvalue weighted by molar-refractivity contribution is 6.33. The Labute approximate surface area is 94.0 Å². The molecule has 0 aliphatic rings. The fourth-order valence-electron chi connectivity index (χ4n) is 1.10. The number of amides is 1. The van der Waals surface area contributed by atoms with E-state index in [0.717, 1.165) is 13.0 Å². The number of hydrogen-bond acceptors (Lipinski definition) is 3. The second-order valence-corrected chi connectivity index (χ2v) is 3.46. The summed E-state index contributed by atoms with van der Waals surface area (Å²) in [6.07, 6.45) is 2.48. The SMILES string of the molecule is CCCNc1cc(C(=O)NC)c(Cl)cn1. The van der Waals surface area contributed by atoms with Gasteiger partial charge in [-0.2, -0.15) is 0 Å². The predicted molar refractivity (Wildman–Crippen MR) is 61.4 cm³/mol. The minimum atomic E-state index is -0.207. The molecule has 1 rings (SSSR count). The molecule has 82 valence electrons. The highest BCUT2D eigenvalue weighted by atomic mass is 35.5. The van der Waals surface area contributed by atoms with E-state index in [-0.39, 0.29) is 5.91 Å². The predicted octanol–water partition coefficient (Wildman–Crippen LogP) is 1.92. The maximum atomic E-state index is 11.4. The maximum absolute atomic E-state index is 11.4. The zero-order chi connectivity index (χ0) is 11.3. The molecule has 0 aromatic carbocycles. The molecule has 1 heterocycles. The van der Waals surface area contributed by atoms with Crippen molar-refractivity contribution in [2.75, 3.05) is 18.9 Å². The number of carbonyl (C=O) groups is 1. The van der Waals surface area contributed by atoms with E-state index >= 15 is 0 Å². The number of anilines is 1. The molecule has 1 amide bonds. The average molecular weight is 228 g/mol. The number of carbonyl (C=O) groups excluding carboxylic acids is 1. The van der Waals surface area contributed by atoms with Crippen LogP contribution in [-0.4, -0.2) is 24.5 Å². The zero-order valence-electron chi connectivity index (χ0n) is 8.80. The average Bonchev–Trinajstić information content (AvgIpc) is 2.27. The quantitative estimate of drug-likeness (QED) is 0.826. The lowest BCUT2D eigenvalue weighted by atomic mass is 10.2. The van der Waals surface area contributed by atoms with E-state index in [1.807, 2.05) is 0 Å². The Kier molecular flexibility index (Phi) is 4.37. The summed E-state index contributed by atoms with van der Waals surface area (Å²) in [5.74, 6) is 0.460. The molecule has 0 radical (unpaired) electrons. The van der Waals surface area contributed by atoms with Gasteiger partial charge in [0.2, 0.25) is 0 Å². The van der Waals surface area contributed by atoms with Gasteiger partial charge in [-0.3, -0.25) is 4.79 Å². The fraction of sp³-hybridized carbons (Fsp3) is 0.400. The summed E-state index contributed by atoms with van der Waals surface area (Å²) in [5.41, 5.74) is 0.438. The standard InChI is InChI=1S/C10H14ClN3O/c1-3-4-13-9-5-7(10(15)12-2)8(11)6-14-9/h5-6H,3-4H2,1-2H3,(H,12,15)(H,13,14). The van der Waals surface area contributed by atoms with E-state index in [1.54, 1.807) is 13.1 Å². The number of hydrogen-bond donors (Lipinski definition) is 2. The fourth-order valence-corrected chi connectivity index (χ4v) is 1.29. The van der Waals surface area contributed by atoms with Gasteiger partial charge in [0, 0.05) is 19.8 Å². The molecule has 0 bridgehead atoms. The highest BCUT2D eigenvalue weighted by Gasteiger charge is 2.09. The second kappa shape index (κ2) is 5.56. The van der Waals surface area contributed by atoms with Gasteiger partial charge in [-0.05, 0) is 12.5 Å². The number of aromatic nitrogens is 1. The van der Waals surface area contributed by atoms with Crippen molar-refractivity contribution in [1.29, 1.82) is 0 Å². The van der Waals surface area contributed by atoms with Crippen LogP contribution in [0.5, 0.6) is 0 Å². The molecule has 1 aromatic rings. The number of pyridine rings is 1. The van der Waals surface area contributed by atoms with Crippen molar-refractivity contribution in [1.82, 2.24) is 10.3 Å². The summed E-state index contributed by atoms with van der Waals surface area (Å²) >= 11 is 5.85. The van der Waals surface area contributed by atoms with Crippen molar-refractivity contribution >= 4 is 23.3 Å². The van der Waals surface area contributed by atoms with E-state index in [1.165, 1.54) is 6.20 Å². The molecule has 0 atom stereocenters. The molecule has 1 aromatic heterocycles. The summed E-state index contributed by atoms with van der Waals surface area (Å²) in [6.45, 7) is 2.88. The van der Waals surface area contributed by atoms with Crippen molar-refractivity contribution in [2.24, 2.45) is 0 Å². The molecule has 2 N–H and O–H groups in total. The van der Waals surface area contributed by atoms with Crippen LogP contribution in [0, 0.1) is 0 Å². The first-order chi connectivity index (χ1) is 7.19. The Hall–Kier alpha value is -1.29. The van der Waals surface area contributed by atoms with Gasteiger partial charge in [-0.15, -0.1) is 0 Å². The molecule has 0 spiro atoms. The number of rotatable bonds is 4. The minimum absolute atomic E-state index is 0.207. The lowest BCUT2D eigenvalue weighted by molar-refractivity contribution is 0.0963. The van der Waals surface area contributed by atoms with Crippen LogP contribution in [-0.2, 0) is 0 Å². The van der Waals surface area contributed by atoms with Gasteiger partial charge >= 0.3 is 0 Å². The highest BCUT2D eigenvalue weighted by Crippen LogP contribution is 2.17. The van der Waals surface area contributed by atoms with Gasteiger partial charge < -0.3 is 10.6 Å². The normalized spacial score (nSPS) is 9.80. The van der Waals surface area contributed by atoms with Crippen LogP contribution >= 0.6 is 11.6 Å². The summed E-state index contributed by atoms with van der Waals surface area (Å²) < 4.78 is 0. The Morgan fingerprint density at radius 1 is 1.60 bits per heavy atom. The first kappa shape index (κ1) is 11.8. The van der Waals surface area contributed by atoms with Crippen molar-refractivity contribution in [3.8, 4) is 0 Å². The molecule has 0 unspecified atom stereocenters. The van der Waals surface area contributed by atoms with Gasteiger partial charge in [0.05, 0.1) is 10.6 Å². The summed E-state index contributed by atoms with van der Waals surface area (Å²) in [6, 6.07) is 1.65. The minimum Gasteiger partial charge on any atom is -0.370 e. The third kappa shape index (κ3) is 3.09. The van der Waals surface area contributed by atoms with Gasteiger partial charge in [0.15, 0.2) is 0 Å². The monoisotopic (exact) mass is 227 g/mol. The number of halogens is 1. The van der Waals surface area contributed by atoms with Crippen molar-refractivity contribution in [2.45, 2.75) is 13.3 Å². The zero-order valence-corrected chi connectivity index (χ0v) is 9.56. The van der Waals surface area contributed by atoms with Crippen LogP contribution in [0.3, 0.4) is 0 Å². The van der Waals surface area contributed by atoms with Crippen molar-refractivity contribution < 1.29 is 4.79 Å². The van der Waals surface area contributed by atoms with Crippen molar-refractivity contribution in [3.63, 3.8) is 0 Å². The van der Waals surface area contributed by atoms with E-state index in [9.17, 15) is 4.79 Å². The molecule has 15 heavy (non-hydrogen) atoms. The molecular weight excluding hydrogens is 214 g/mol. The first-order valence-corrected chi connectivity index (χ1v) is 5.18. The largest absolute Gasteiger partial charge is 0.370 e. The van der Waals surface area contributed by atoms with Crippen LogP contribution < -0.4 is 10.6 Å². The number of nitrogens with zero attached hydrogens (tertiary/aromatic N) is 1. The lowest BCUT2D eigenvalue weighted by Crippen LogP contribution is -2.18. The summed E-state index contributed by atoms with van der Waals surface area (Å²) in [4.78, 5) is 15.5. The summed E-state index contributed by atoms with van der Waals surface area (Å²) in [5, 5.41) is 5.98. The maximum Gasteiger partial charge on any atom is 0.252 e. The number of nitrogens with one attached hydrogen (secondary N) is 2. The molecule has 0 saturated heterocycles. The van der Waals surface area contributed by atoms with E-state index in [0.29, 0.717) is 16.4 Å². The molecule has 4 nitrogen and oxygen atoms in total. The van der Waals surface area contributed by atoms with Crippen LogP contribution in [0.25, 0.3) is 0 Å². The third-order valence-electron chi connectivity index (χ3n) is 1.88. The van der Waals surface area contributed by atoms with Crippen LogP contribution in [0.15, 0.2) is 12.3 Å². The van der Waals surface area contributed by atoms with Crippen LogP contribution in [0.1, 0.15) is 23.7 Å². The smallest absolute Gasteiger partial charge is 0.252 e. The first-order valence-electron chi connectivity index (χ1n) is 4.80. The Morgan fingerprint density at radius 3 is 2.93 bits per heavy atom. The van der Waals surface area contributed by atoms with E-state index in [2.05, 4.69) is 22.5 Å². The van der Waals surface area contributed by atoms with Gasteiger partial charge in [-0.25, -0.2) is 4.98 Å². The molecule has 0 aliphatic carbocycles. The molecule has 0 aliphatic heterocycles. The Bertz CT molecular complexity index is 355. The summed E-state index contributed by atoms with van der Waals surface area (Å²) in [7, 11) is 1.57. The van der Waals surface area contributed by atoms with Crippen LogP contribution in [0.2, 0.25) is 5.02 Å². The van der Waals surface area contributed by atoms with Crippen molar-refractivity contribution in [3.05, 3.63) is 22.8 Å². The Morgan fingerprint density at radius 2 is 2.33 bits per heavy atom. The molecule has 0 saturated carbocycles. The second-order valence-electron chi connectivity index (χ2n) is 3.06. The third-order valence-corrected chi connectivity index (χ3v) is 2.18. The topological polar surface area (TPSA) is 54.0 Å². The van der Waals surface area contributed by atoms with Gasteiger partial charge in [0.1, 0.15) is 5.82 Å². The molecule has 5 heteroatoms.